The van der Waals surface area contributed by atoms with Crippen LogP contribution in [0, 0.1) is 23.7 Å². The van der Waals surface area contributed by atoms with Crippen molar-refractivity contribution in [1.29, 1.82) is 0 Å². The van der Waals surface area contributed by atoms with E-state index in [2.05, 4.69) is 76.2 Å². The first kappa shape index (κ1) is 64.0. The lowest BCUT2D eigenvalue weighted by Crippen LogP contribution is -2.68. The highest BCUT2D eigenvalue weighted by Crippen LogP contribution is 2.40. The number of carboxylic acid groups (broad SMARTS) is 1. The maximum Gasteiger partial charge on any atom is 0.332 e. The number of aliphatic hydroxyl groups excluding tert-OH is 5. The van der Waals surface area contributed by atoms with Gasteiger partial charge >= 0.3 is 5.97 Å². The molecule has 13 N–H and O–H groups in total. The van der Waals surface area contributed by atoms with Crippen LogP contribution in [0.15, 0.2) is 22.7 Å². The quantitative estimate of drug-likeness (QED) is 0.0743. The summed E-state index contributed by atoms with van der Waals surface area (Å²) in [7, 11) is 0. The number of halogens is 1. The van der Waals surface area contributed by atoms with Crippen molar-refractivity contribution in [3.63, 3.8) is 0 Å². The predicted molar refractivity (Wildman–Crippen MR) is 297 cm³/mol. The zero-order chi connectivity index (χ0) is 56.3. The number of carbonyl (C=O) groups excluding carboxylic acids is 2. The second-order valence-electron chi connectivity index (χ2n) is 22.9. The van der Waals surface area contributed by atoms with Crippen LogP contribution in [0.5, 0.6) is 0 Å². The molecule has 450 valence electrons. The molecular weight excluding hydrogens is 1090 g/mol. The largest absolute Gasteiger partial charge is 0.479 e. The van der Waals surface area contributed by atoms with E-state index in [0.29, 0.717) is 58.4 Å². The Morgan fingerprint density at radius 1 is 0.759 bits per heavy atom. The molecule has 15 atom stereocenters. The lowest BCUT2D eigenvalue weighted by Gasteiger charge is -2.49. The van der Waals surface area contributed by atoms with Gasteiger partial charge in [0.05, 0.1) is 24.9 Å². The van der Waals surface area contributed by atoms with Crippen LogP contribution in [0.25, 0.3) is 0 Å². The van der Waals surface area contributed by atoms with Crippen LogP contribution in [0.1, 0.15) is 108 Å². The van der Waals surface area contributed by atoms with Gasteiger partial charge in [-0.15, -0.1) is 0 Å². The Bertz CT molecular complexity index is 1980. The molecule has 1 aromatic rings. The monoisotopic (exact) mass is 1180 g/mol. The number of amides is 2. The number of aliphatic hydroxyl groups is 5. The molecule has 2 amide bonds. The topological polar surface area (TPSA) is 306 Å². The molecule has 22 nitrogen and oxygen atoms in total. The summed E-state index contributed by atoms with van der Waals surface area (Å²) < 4.78 is 33.2. The zero-order valence-electron chi connectivity index (χ0n) is 46.6. The highest BCUT2D eigenvalue weighted by atomic mass is 79.9. The van der Waals surface area contributed by atoms with Gasteiger partial charge in [0.2, 0.25) is 11.8 Å². The summed E-state index contributed by atoms with van der Waals surface area (Å²) in [4.78, 5) is 43.9. The summed E-state index contributed by atoms with van der Waals surface area (Å²) >= 11 is 3.81. The van der Waals surface area contributed by atoms with Crippen molar-refractivity contribution in [2.24, 2.45) is 23.7 Å². The summed E-state index contributed by atoms with van der Waals surface area (Å²) in [5, 5.41) is 89.1. The van der Waals surface area contributed by atoms with E-state index in [-0.39, 0.29) is 30.6 Å². The van der Waals surface area contributed by atoms with E-state index in [4.69, 9.17) is 23.7 Å². The fourth-order valence-electron chi connectivity index (χ4n) is 12.3. The van der Waals surface area contributed by atoms with Gasteiger partial charge in [-0.25, -0.2) is 4.79 Å². The molecule has 2 saturated carbocycles. The highest BCUT2D eigenvalue weighted by Gasteiger charge is 2.53. The van der Waals surface area contributed by atoms with Crippen LogP contribution >= 0.6 is 15.9 Å². The molecule has 6 aliphatic rings. The molecule has 0 radical (unpaired) electrons. The maximum absolute atomic E-state index is 14.3. The third-order valence-electron chi connectivity index (χ3n) is 17.0. The van der Waals surface area contributed by atoms with E-state index in [1.54, 1.807) is 6.92 Å². The predicted octanol–water partition coefficient (Wildman–Crippen LogP) is 0.425. The van der Waals surface area contributed by atoms with E-state index >= 15 is 0 Å². The minimum absolute atomic E-state index is 0.0535. The number of nitrogens with one attached hydrogen (secondary N) is 7. The average Bonchev–Trinajstić information content (AvgIpc) is 3.52. The standard InChI is InChI=1S/C56H95BrN8O14/c1-3-37-29-40(52(71)63-23-22-62-31-39-12-11-36(27-41(39)57)32-65-25-8-17-59-21-20-58-15-7-16-60-24-26-65)30-42(50(37)79-56-49(70)48(69)46(67)34(2)75-56)77-55-45(64-53(72)38-13-18-61-19-14-38)51(47(68)44(33-66)78-55)76-43(54(73)74)28-35-9-5-4-6-10-35/h11-12,27,34-35,37-38,40,42-51,55-56,58-62,66-70H,3-10,13-26,28-33H2,1-2H3,(H,63,71)(H,64,72)(H,73,74)/t34?,37?,40?,42?,43-,44?,45?,46?,47?,48?,49?,50?,51?,55?,56?/m0/s1. The van der Waals surface area contributed by atoms with Gasteiger partial charge in [0.25, 0.3) is 0 Å². The summed E-state index contributed by atoms with van der Waals surface area (Å²) in [6.07, 6.45) is -7.08. The van der Waals surface area contributed by atoms with Crippen LogP contribution in [-0.2, 0) is 51.2 Å². The number of hydrogen-bond donors (Lipinski definition) is 13. The SMILES string of the molecule is CCC1CC(C(=O)NCCNCc2ccc(CN3CCCNCCNCCCNCC3)cc2Br)CC(OC2OC(CO)C(O)C(O[C@@H](CC3CCCCC3)C(=O)O)C2NC(=O)C2CCNCC2)C1OC1OC(C)C(O)C(O)C1O. The van der Waals surface area contributed by atoms with Gasteiger partial charge in [0.1, 0.15) is 42.7 Å². The smallest absolute Gasteiger partial charge is 0.332 e. The molecular formula is C56H95BrN8O14. The van der Waals surface area contributed by atoms with Crippen LogP contribution < -0.4 is 37.2 Å². The Kier molecular flexibility index (Phi) is 26.8. The number of hydrogen-bond acceptors (Lipinski definition) is 19. The van der Waals surface area contributed by atoms with E-state index < -0.39 is 110 Å². The first-order chi connectivity index (χ1) is 38.2. The number of piperidine rings is 1. The van der Waals surface area contributed by atoms with Crippen molar-refractivity contribution >= 4 is 33.7 Å². The molecule has 4 heterocycles. The lowest BCUT2D eigenvalue weighted by molar-refractivity contribution is -0.338. The molecule has 4 aliphatic heterocycles. The lowest BCUT2D eigenvalue weighted by atomic mass is 9.75. The van der Waals surface area contributed by atoms with Crippen LogP contribution in [0.2, 0.25) is 0 Å². The Hall–Kier alpha value is -2.53. The zero-order valence-corrected chi connectivity index (χ0v) is 48.2. The number of ether oxygens (including phenoxy) is 5. The van der Waals surface area contributed by atoms with Gasteiger partial charge in [-0.3, -0.25) is 14.5 Å². The van der Waals surface area contributed by atoms with E-state index in [1.165, 1.54) is 5.56 Å². The molecule has 79 heavy (non-hydrogen) atoms. The van der Waals surface area contributed by atoms with E-state index in [9.17, 15) is 45.0 Å². The molecule has 4 saturated heterocycles. The Morgan fingerprint density at radius 3 is 2.19 bits per heavy atom. The Balaban J connectivity index is 1.04. The summed E-state index contributed by atoms with van der Waals surface area (Å²) in [5.74, 6) is -3.18. The van der Waals surface area contributed by atoms with Crippen molar-refractivity contribution in [2.45, 2.75) is 190 Å². The maximum atomic E-state index is 14.3. The van der Waals surface area contributed by atoms with Gasteiger partial charge in [-0.05, 0) is 120 Å². The van der Waals surface area contributed by atoms with Gasteiger partial charge < -0.3 is 91.5 Å². The third-order valence-corrected chi connectivity index (χ3v) is 17.8. The number of nitrogens with zero attached hydrogens (tertiary/aromatic N) is 1. The number of rotatable bonds is 21. The number of benzene rings is 1. The van der Waals surface area contributed by atoms with Crippen LogP contribution in [0.3, 0.4) is 0 Å². The van der Waals surface area contributed by atoms with Gasteiger partial charge in [-0.2, -0.15) is 0 Å². The minimum Gasteiger partial charge on any atom is -0.479 e. The van der Waals surface area contributed by atoms with Gasteiger partial charge in [-0.1, -0.05) is 73.5 Å². The number of carboxylic acids is 1. The summed E-state index contributed by atoms with van der Waals surface area (Å²) in [6.45, 7) is 14.1. The third kappa shape index (κ3) is 19.0. The molecule has 7 rings (SSSR count). The van der Waals surface area contributed by atoms with Crippen LogP contribution in [-0.4, -0.2) is 218 Å². The minimum atomic E-state index is -1.65. The molecule has 23 heteroatoms. The normalized spacial score (nSPS) is 34.0. The van der Waals surface area contributed by atoms with Crippen molar-refractivity contribution in [3.8, 4) is 0 Å². The second-order valence-corrected chi connectivity index (χ2v) is 23.7. The van der Waals surface area contributed by atoms with Crippen molar-refractivity contribution < 1.29 is 68.7 Å². The molecule has 0 spiro atoms. The van der Waals surface area contributed by atoms with Crippen molar-refractivity contribution in [2.75, 3.05) is 85.1 Å². The molecule has 6 fully saturated rings. The van der Waals surface area contributed by atoms with E-state index in [0.717, 1.165) is 114 Å². The summed E-state index contributed by atoms with van der Waals surface area (Å²) in [6, 6.07) is 5.20. The molecule has 1 aromatic carbocycles. The number of aliphatic carboxylic acids is 1. The highest BCUT2D eigenvalue weighted by molar-refractivity contribution is 9.10. The van der Waals surface area contributed by atoms with E-state index in [1.807, 2.05) is 6.92 Å². The van der Waals surface area contributed by atoms with Gasteiger partial charge in [0.15, 0.2) is 18.7 Å². The van der Waals surface area contributed by atoms with Crippen molar-refractivity contribution in [3.05, 3.63) is 33.8 Å². The molecule has 14 unspecified atom stereocenters. The second kappa shape index (κ2) is 33.1. The molecule has 2 aliphatic carbocycles. The average molecular weight is 1180 g/mol. The Labute approximate surface area is 475 Å². The molecule has 0 aromatic heterocycles. The number of carbonyl (C=O) groups is 3. The van der Waals surface area contributed by atoms with Crippen LogP contribution in [0.4, 0.5) is 0 Å². The molecule has 0 bridgehead atoms. The fraction of sp³-hybridized carbons (Fsp3) is 0.839. The van der Waals surface area contributed by atoms with Gasteiger partial charge in [0, 0.05) is 68.7 Å². The first-order valence-electron chi connectivity index (χ1n) is 29.7. The Morgan fingerprint density at radius 2 is 1.48 bits per heavy atom. The van der Waals surface area contributed by atoms with Crippen molar-refractivity contribution in [1.82, 2.24) is 42.1 Å². The fourth-order valence-corrected chi connectivity index (χ4v) is 12.8. The first-order valence-corrected chi connectivity index (χ1v) is 30.5. The summed E-state index contributed by atoms with van der Waals surface area (Å²) in [5.41, 5.74) is 2.31.